The van der Waals surface area contributed by atoms with Crippen molar-refractivity contribution in [2.24, 2.45) is 11.8 Å². The molecule has 3 unspecified atom stereocenters. The fraction of sp³-hybridized carbons (Fsp3) is 0.533. The van der Waals surface area contributed by atoms with Gasteiger partial charge in [0, 0.05) is 5.92 Å². The van der Waals surface area contributed by atoms with E-state index in [1.807, 2.05) is 13.0 Å². The third-order valence-corrected chi connectivity index (χ3v) is 3.55. The molecule has 0 N–H and O–H groups in total. The molecule has 1 aliphatic heterocycles. The summed E-state index contributed by atoms with van der Waals surface area (Å²) in [6.45, 7) is 6.76. The third-order valence-electron chi connectivity index (χ3n) is 3.55. The zero-order valence-corrected chi connectivity index (χ0v) is 11.8. The predicted octanol–water partition coefficient (Wildman–Crippen LogP) is 2.23. The quantitative estimate of drug-likeness (QED) is 0.434. The van der Waals surface area contributed by atoms with Gasteiger partial charge in [0.05, 0.1) is 5.92 Å². The number of esters is 1. The monoisotopic (exact) mass is 264 g/mol. The number of rotatable bonds is 5. The van der Waals surface area contributed by atoms with Crippen LogP contribution < -0.4 is 0 Å². The zero-order valence-electron chi connectivity index (χ0n) is 11.8. The molecular formula is C15H20O4. The van der Waals surface area contributed by atoms with E-state index in [1.54, 1.807) is 19.9 Å². The number of carbonyl (C=O) groups is 3. The van der Waals surface area contributed by atoms with Crippen LogP contribution in [0.4, 0.5) is 0 Å². The molecule has 1 fully saturated rings. The molecule has 19 heavy (non-hydrogen) atoms. The Balaban J connectivity index is 2.87. The molecule has 1 saturated heterocycles. The van der Waals surface area contributed by atoms with Gasteiger partial charge in [-0.25, -0.2) is 0 Å². The van der Waals surface area contributed by atoms with Gasteiger partial charge in [-0.05, 0) is 44.4 Å². The van der Waals surface area contributed by atoms with Crippen LogP contribution in [-0.4, -0.2) is 24.1 Å². The van der Waals surface area contributed by atoms with Crippen molar-refractivity contribution in [3.63, 3.8) is 0 Å². The molecule has 3 atom stereocenters. The van der Waals surface area contributed by atoms with Gasteiger partial charge >= 0.3 is 5.97 Å². The second-order valence-corrected chi connectivity index (χ2v) is 5.06. The van der Waals surface area contributed by atoms with Crippen LogP contribution in [0.15, 0.2) is 23.3 Å². The lowest BCUT2D eigenvalue weighted by Crippen LogP contribution is -2.17. The van der Waals surface area contributed by atoms with Crippen molar-refractivity contribution in [2.45, 2.75) is 40.2 Å². The van der Waals surface area contributed by atoms with Crippen LogP contribution in [0, 0.1) is 11.8 Å². The smallest absolute Gasteiger partial charge is 0.309 e. The van der Waals surface area contributed by atoms with Crippen molar-refractivity contribution in [3.05, 3.63) is 23.3 Å². The lowest BCUT2D eigenvalue weighted by atomic mass is 9.87. The van der Waals surface area contributed by atoms with Crippen LogP contribution in [0.2, 0.25) is 0 Å². The first kappa shape index (κ1) is 15.3. The Kier molecular flexibility index (Phi) is 5.21. The normalized spacial score (nSPS) is 28.2. The Morgan fingerprint density at radius 1 is 1.32 bits per heavy atom. The third kappa shape index (κ3) is 3.88. The summed E-state index contributed by atoms with van der Waals surface area (Å²) in [5.41, 5.74) is 1.23. The summed E-state index contributed by atoms with van der Waals surface area (Å²) in [5, 5.41) is 0. The van der Waals surface area contributed by atoms with Gasteiger partial charge in [0.2, 0.25) is 0 Å². The lowest BCUT2D eigenvalue weighted by Gasteiger charge is -2.15. The van der Waals surface area contributed by atoms with Crippen LogP contribution in [0.3, 0.4) is 0 Å². The molecule has 4 heteroatoms. The van der Waals surface area contributed by atoms with E-state index in [0.29, 0.717) is 17.6 Å². The molecule has 1 rings (SSSR count). The number of carbonyl (C=O) groups excluding carboxylic acids is 3. The molecule has 0 amide bonds. The number of Topliss-reactive ketones (excluding diaryl/α,β-unsaturated/α-hetero) is 1. The molecule has 1 aliphatic rings. The SMILES string of the molecule is CC(=O)C(C)=CCC1C(C=C(C)C=O)OC(=O)C1C. The first-order valence-electron chi connectivity index (χ1n) is 6.38. The maximum atomic E-state index is 11.6. The van der Waals surface area contributed by atoms with Gasteiger partial charge in [-0.1, -0.05) is 13.0 Å². The van der Waals surface area contributed by atoms with E-state index in [1.165, 1.54) is 6.92 Å². The molecule has 0 aromatic heterocycles. The number of allylic oxidation sites excluding steroid dienone is 3. The van der Waals surface area contributed by atoms with E-state index in [2.05, 4.69) is 0 Å². The topological polar surface area (TPSA) is 60.4 Å². The van der Waals surface area contributed by atoms with Crippen LogP contribution in [0.5, 0.6) is 0 Å². The lowest BCUT2D eigenvalue weighted by molar-refractivity contribution is -0.142. The van der Waals surface area contributed by atoms with E-state index in [-0.39, 0.29) is 29.7 Å². The van der Waals surface area contributed by atoms with E-state index < -0.39 is 0 Å². The summed E-state index contributed by atoms with van der Waals surface area (Å²) in [7, 11) is 0. The highest BCUT2D eigenvalue weighted by Gasteiger charge is 2.39. The Morgan fingerprint density at radius 2 is 1.95 bits per heavy atom. The summed E-state index contributed by atoms with van der Waals surface area (Å²) < 4.78 is 5.26. The standard InChI is InChI=1S/C15H20O4/c1-9(8-16)7-14-13(11(3)15(18)19-14)6-5-10(2)12(4)17/h5,7-8,11,13-14H,6H2,1-4H3. The van der Waals surface area contributed by atoms with Crippen molar-refractivity contribution in [1.29, 1.82) is 0 Å². The van der Waals surface area contributed by atoms with Gasteiger partial charge in [0.1, 0.15) is 12.4 Å². The minimum absolute atomic E-state index is 0.0223. The molecule has 4 nitrogen and oxygen atoms in total. The second-order valence-electron chi connectivity index (χ2n) is 5.06. The van der Waals surface area contributed by atoms with Crippen LogP contribution in [-0.2, 0) is 19.1 Å². The largest absolute Gasteiger partial charge is 0.458 e. The highest BCUT2D eigenvalue weighted by molar-refractivity contribution is 5.92. The molecule has 0 spiro atoms. The molecule has 0 bridgehead atoms. The maximum absolute atomic E-state index is 11.6. The molecule has 104 valence electrons. The number of ketones is 1. The van der Waals surface area contributed by atoms with Crippen molar-refractivity contribution >= 4 is 18.0 Å². The van der Waals surface area contributed by atoms with Gasteiger partial charge in [-0.15, -0.1) is 0 Å². The molecule has 0 radical (unpaired) electrons. The highest BCUT2D eigenvalue weighted by Crippen LogP contribution is 2.32. The summed E-state index contributed by atoms with van der Waals surface area (Å²) >= 11 is 0. The van der Waals surface area contributed by atoms with E-state index >= 15 is 0 Å². The first-order valence-corrected chi connectivity index (χ1v) is 6.38. The van der Waals surface area contributed by atoms with Crippen molar-refractivity contribution < 1.29 is 19.1 Å². The summed E-state index contributed by atoms with van der Waals surface area (Å²) in [4.78, 5) is 33.4. The number of cyclic esters (lactones) is 1. The molecule has 0 aromatic rings. The van der Waals surface area contributed by atoms with Gasteiger partial charge in [0.15, 0.2) is 5.78 Å². The number of aldehydes is 1. The van der Waals surface area contributed by atoms with E-state index in [0.717, 1.165) is 6.29 Å². The molecular weight excluding hydrogens is 244 g/mol. The highest BCUT2D eigenvalue weighted by atomic mass is 16.6. The Hall–Kier alpha value is -1.71. The van der Waals surface area contributed by atoms with E-state index in [4.69, 9.17) is 4.74 Å². The summed E-state index contributed by atoms with van der Waals surface area (Å²) in [6, 6.07) is 0. The minimum atomic E-state index is -0.385. The zero-order chi connectivity index (χ0) is 14.6. The summed E-state index contributed by atoms with van der Waals surface area (Å²) in [5.74, 6) is -0.485. The molecule has 1 heterocycles. The van der Waals surface area contributed by atoms with Gasteiger partial charge in [-0.2, -0.15) is 0 Å². The van der Waals surface area contributed by atoms with E-state index in [9.17, 15) is 14.4 Å². The maximum Gasteiger partial charge on any atom is 0.309 e. The Labute approximate surface area is 113 Å². The van der Waals surface area contributed by atoms with Crippen LogP contribution >= 0.6 is 0 Å². The molecule has 0 aromatic carbocycles. The van der Waals surface area contributed by atoms with Crippen molar-refractivity contribution in [2.75, 3.05) is 0 Å². The Bertz CT molecular complexity index is 445. The van der Waals surface area contributed by atoms with Gasteiger partial charge in [0.25, 0.3) is 0 Å². The average molecular weight is 264 g/mol. The molecule has 0 saturated carbocycles. The molecule has 0 aliphatic carbocycles. The number of hydrogen-bond donors (Lipinski definition) is 0. The predicted molar refractivity (Wildman–Crippen MR) is 71.4 cm³/mol. The fourth-order valence-corrected chi connectivity index (χ4v) is 2.04. The number of ether oxygens (including phenoxy) is 1. The summed E-state index contributed by atoms with van der Waals surface area (Å²) in [6.07, 6.45) is 4.46. The van der Waals surface area contributed by atoms with Crippen molar-refractivity contribution in [3.8, 4) is 0 Å². The average Bonchev–Trinajstić information content (AvgIpc) is 2.62. The van der Waals surface area contributed by atoms with Crippen LogP contribution in [0.25, 0.3) is 0 Å². The van der Waals surface area contributed by atoms with Crippen LogP contribution in [0.1, 0.15) is 34.1 Å². The Morgan fingerprint density at radius 3 is 2.47 bits per heavy atom. The number of hydrogen-bond acceptors (Lipinski definition) is 4. The fourth-order valence-electron chi connectivity index (χ4n) is 2.04. The van der Waals surface area contributed by atoms with Gasteiger partial charge in [-0.3, -0.25) is 14.4 Å². The first-order chi connectivity index (χ1) is 8.86. The van der Waals surface area contributed by atoms with Crippen molar-refractivity contribution in [1.82, 2.24) is 0 Å². The second kappa shape index (κ2) is 6.45. The van der Waals surface area contributed by atoms with Gasteiger partial charge < -0.3 is 4.74 Å². The minimum Gasteiger partial charge on any atom is -0.458 e.